The van der Waals surface area contributed by atoms with E-state index in [1.54, 1.807) is 0 Å². The van der Waals surface area contributed by atoms with Gasteiger partial charge in [-0.25, -0.2) is 4.98 Å². The average Bonchev–Trinajstić information content (AvgIpc) is 3.27. The van der Waals surface area contributed by atoms with Gasteiger partial charge in [0.25, 0.3) is 0 Å². The lowest BCUT2D eigenvalue weighted by Crippen LogP contribution is -2.51. The maximum atomic E-state index is 13.4. The summed E-state index contributed by atoms with van der Waals surface area (Å²) in [4.78, 5) is 18.0. The minimum atomic E-state index is -4.48. The molecule has 33 heavy (non-hydrogen) atoms. The highest BCUT2D eigenvalue weighted by atomic mass is 19.4. The van der Waals surface area contributed by atoms with Crippen molar-refractivity contribution in [1.82, 2.24) is 15.3 Å². The Bertz CT molecular complexity index is 633. The van der Waals surface area contributed by atoms with Crippen molar-refractivity contribution in [3.8, 4) is 0 Å². The van der Waals surface area contributed by atoms with Gasteiger partial charge in [0.2, 0.25) is 0 Å². The number of carboxylic acid groups (broad SMARTS) is 1. The molecule has 0 saturated heterocycles. The van der Waals surface area contributed by atoms with Gasteiger partial charge in [-0.2, -0.15) is 13.2 Å². The number of alkyl halides is 3. The number of nitrogens with one attached hydrogen (secondary N) is 2. The van der Waals surface area contributed by atoms with E-state index in [0.29, 0.717) is 12.1 Å². The molecule has 2 unspecified atom stereocenters. The third-order valence-electron chi connectivity index (χ3n) is 5.83. The molecule has 0 amide bonds. The zero-order valence-corrected chi connectivity index (χ0v) is 20.0. The van der Waals surface area contributed by atoms with Crippen LogP contribution in [0.1, 0.15) is 103 Å². The molecule has 1 aromatic rings. The maximum absolute atomic E-state index is 13.4. The van der Waals surface area contributed by atoms with Gasteiger partial charge in [0.1, 0.15) is 12.1 Å². The summed E-state index contributed by atoms with van der Waals surface area (Å²) in [5.74, 6) is -1.30. The number of imidazole rings is 1. The van der Waals surface area contributed by atoms with E-state index in [1.807, 2.05) is 0 Å². The molecule has 3 N–H and O–H groups in total. The molecule has 0 fully saturated rings. The largest absolute Gasteiger partial charge is 0.480 e. The molecule has 0 aliphatic heterocycles. The normalized spacial score (nSPS) is 14.1. The Labute approximate surface area is 196 Å². The summed E-state index contributed by atoms with van der Waals surface area (Å²) in [6.07, 6.45) is 16.6. The van der Waals surface area contributed by atoms with Crippen LogP contribution >= 0.6 is 0 Å². The molecule has 0 spiro atoms. The van der Waals surface area contributed by atoms with Crippen LogP contribution in [0.2, 0.25) is 0 Å². The fourth-order valence-electron chi connectivity index (χ4n) is 3.84. The van der Waals surface area contributed by atoms with Crippen LogP contribution in [-0.4, -0.2) is 39.3 Å². The quantitative estimate of drug-likeness (QED) is 0.141. The number of aromatic nitrogens is 2. The summed E-state index contributed by atoms with van der Waals surface area (Å²) in [5, 5.41) is 11.6. The summed E-state index contributed by atoms with van der Waals surface area (Å²) in [6.45, 7) is 2.22. The Morgan fingerprint density at radius 2 is 1.61 bits per heavy atom. The molecule has 190 valence electrons. The fourth-order valence-corrected chi connectivity index (χ4v) is 3.84. The molecule has 2 atom stereocenters. The number of unbranched alkanes of at least 4 members (excludes halogenated alkanes) is 11. The van der Waals surface area contributed by atoms with Crippen LogP contribution in [0, 0.1) is 0 Å². The number of rotatable bonds is 20. The van der Waals surface area contributed by atoms with E-state index >= 15 is 0 Å². The van der Waals surface area contributed by atoms with Gasteiger partial charge in [-0.3, -0.25) is 10.1 Å². The zero-order valence-electron chi connectivity index (χ0n) is 20.0. The first kappa shape index (κ1) is 29.2. The second kappa shape index (κ2) is 17.6. The zero-order chi connectivity index (χ0) is 24.4. The molecular formula is C25H42F3N3O2. The second-order valence-corrected chi connectivity index (χ2v) is 8.81. The van der Waals surface area contributed by atoms with Crippen molar-refractivity contribution >= 4 is 5.97 Å². The van der Waals surface area contributed by atoms with Crippen LogP contribution in [0.5, 0.6) is 0 Å². The second-order valence-electron chi connectivity index (χ2n) is 8.81. The Kier molecular flexibility index (Phi) is 15.6. The molecule has 0 saturated carbocycles. The first-order valence-electron chi connectivity index (χ1n) is 12.5. The third-order valence-corrected chi connectivity index (χ3v) is 5.83. The number of carboxylic acids is 1. The number of hydrogen-bond donors (Lipinski definition) is 3. The topological polar surface area (TPSA) is 78.0 Å². The van der Waals surface area contributed by atoms with Gasteiger partial charge in [-0.15, -0.1) is 0 Å². The molecule has 0 aliphatic rings. The Morgan fingerprint density at radius 1 is 1.03 bits per heavy atom. The highest BCUT2D eigenvalue weighted by Gasteiger charge is 2.41. The Morgan fingerprint density at radius 3 is 2.12 bits per heavy atom. The maximum Gasteiger partial charge on any atom is 0.403 e. The first-order valence-corrected chi connectivity index (χ1v) is 12.5. The molecule has 8 heteroatoms. The fraction of sp³-hybridized carbons (Fsp3) is 0.760. The molecule has 0 bridgehead atoms. The number of allylic oxidation sites excluding steroid dienone is 2. The van der Waals surface area contributed by atoms with E-state index < -0.39 is 24.2 Å². The molecule has 0 aliphatic carbocycles. The van der Waals surface area contributed by atoms with Crippen LogP contribution < -0.4 is 5.32 Å². The van der Waals surface area contributed by atoms with Crippen molar-refractivity contribution in [3.05, 3.63) is 30.4 Å². The summed E-state index contributed by atoms with van der Waals surface area (Å²) in [7, 11) is 0. The average molecular weight is 474 g/mol. The van der Waals surface area contributed by atoms with Crippen molar-refractivity contribution in [3.63, 3.8) is 0 Å². The lowest BCUT2D eigenvalue weighted by atomic mass is 10.0. The van der Waals surface area contributed by atoms with Gasteiger partial charge >= 0.3 is 12.1 Å². The molecular weight excluding hydrogens is 431 g/mol. The van der Waals surface area contributed by atoms with Gasteiger partial charge in [0.15, 0.2) is 0 Å². The lowest BCUT2D eigenvalue weighted by molar-refractivity contribution is -0.163. The Balaban J connectivity index is 2.16. The Hall–Kier alpha value is -1.83. The van der Waals surface area contributed by atoms with Crippen LogP contribution in [-0.2, 0) is 11.2 Å². The number of hydrogen-bond acceptors (Lipinski definition) is 3. The molecule has 1 aromatic heterocycles. The monoisotopic (exact) mass is 473 g/mol. The van der Waals surface area contributed by atoms with E-state index in [0.717, 1.165) is 38.5 Å². The van der Waals surface area contributed by atoms with Gasteiger partial charge in [0.05, 0.1) is 6.33 Å². The van der Waals surface area contributed by atoms with E-state index in [-0.39, 0.29) is 12.8 Å². The lowest BCUT2D eigenvalue weighted by Gasteiger charge is -2.25. The molecule has 0 aromatic carbocycles. The van der Waals surface area contributed by atoms with Crippen LogP contribution in [0.25, 0.3) is 0 Å². The predicted octanol–water partition coefficient (Wildman–Crippen LogP) is 6.96. The van der Waals surface area contributed by atoms with Crippen molar-refractivity contribution in [2.45, 2.75) is 121 Å². The van der Waals surface area contributed by atoms with E-state index in [2.05, 4.69) is 34.4 Å². The van der Waals surface area contributed by atoms with Gasteiger partial charge in [0, 0.05) is 18.3 Å². The molecule has 0 radical (unpaired) electrons. The molecule has 1 rings (SSSR count). The predicted molar refractivity (Wildman–Crippen MR) is 126 cm³/mol. The van der Waals surface area contributed by atoms with Crippen molar-refractivity contribution in [2.24, 2.45) is 0 Å². The van der Waals surface area contributed by atoms with Crippen molar-refractivity contribution in [1.29, 1.82) is 0 Å². The number of H-pyrrole nitrogens is 1. The van der Waals surface area contributed by atoms with Gasteiger partial charge < -0.3 is 10.1 Å². The van der Waals surface area contributed by atoms with Crippen molar-refractivity contribution in [2.75, 3.05) is 0 Å². The SMILES string of the molecule is CCCCCC/C=C/CCCCCCCCCC(NC(Cc1cnc[nH]1)C(=O)O)C(F)(F)F. The highest BCUT2D eigenvalue weighted by molar-refractivity contribution is 5.73. The van der Waals surface area contributed by atoms with Crippen molar-refractivity contribution < 1.29 is 23.1 Å². The summed E-state index contributed by atoms with van der Waals surface area (Å²) < 4.78 is 40.3. The van der Waals surface area contributed by atoms with Gasteiger partial charge in [-0.05, 0) is 32.1 Å². The van der Waals surface area contributed by atoms with Crippen LogP contribution in [0.3, 0.4) is 0 Å². The smallest absolute Gasteiger partial charge is 0.403 e. The highest BCUT2D eigenvalue weighted by Crippen LogP contribution is 2.25. The molecule has 1 heterocycles. The minimum absolute atomic E-state index is 0.0735. The summed E-state index contributed by atoms with van der Waals surface area (Å²) >= 11 is 0. The number of carbonyl (C=O) groups is 1. The summed E-state index contributed by atoms with van der Waals surface area (Å²) in [5.41, 5.74) is 0.485. The summed E-state index contributed by atoms with van der Waals surface area (Å²) in [6, 6.07) is -3.14. The van der Waals surface area contributed by atoms with Gasteiger partial charge in [-0.1, -0.05) is 76.9 Å². The first-order chi connectivity index (χ1) is 15.8. The number of halogens is 3. The number of nitrogens with zero attached hydrogens (tertiary/aromatic N) is 1. The minimum Gasteiger partial charge on any atom is -0.480 e. The standard InChI is InChI=1S/C25H42F3N3O2/c1-2-3-4-5-6-7-8-9-10-11-12-13-14-15-16-17-23(25(26,27)28)31-22(24(32)33)18-21-19-29-20-30-21/h7-8,19-20,22-23,31H,2-6,9-18H2,1H3,(H,29,30)(H,32,33)/b8-7+. The van der Waals surface area contributed by atoms with E-state index in [9.17, 15) is 23.1 Å². The third kappa shape index (κ3) is 14.8. The van der Waals surface area contributed by atoms with Crippen LogP contribution in [0.15, 0.2) is 24.7 Å². The number of aromatic amines is 1. The van der Waals surface area contributed by atoms with E-state index in [1.165, 1.54) is 51.0 Å². The molecule has 5 nitrogen and oxygen atoms in total. The van der Waals surface area contributed by atoms with Crippen LogP contribution in [0.4, 0.5) is 13.2 Å². The number of aliphatic carboxylic acids is 1. The van der Waals surface area contributed by atoms with E-state index in [4.69, 9.17) is 0 Å².